The molecule has 9 rings (SSSR count). The molecule has 0 fully saturated rings. The van der Waals surface area contributed by atoms with Gasteiger partial charge in [-0.2, -0.15) is 0 Å². The lowest BCUT2D eigenvalue weighted by Gasteiger charge is -2.23. The quantitative estimate of drug-likeness (QED) is 0.149. The molecular weight excluding hydrogens is 803 g/mol. The Morgan fingerprint density at radius 1 is 0.561 bits per heavy atom. The minimum atomic E-state index is -2.18. The SMILES string of the molecule is [2H]C([2H])([2H])c1ccc(-c2ccnc(-c3cc(-c4cccc5c4nc(-c4cc(C(C)C)cc(C(C)C)c4O)n5-c4cc(-c5ccccc5)c(C([2H])(C)C)cc4-c4ccccc4)cc(C(C)(C)C)c3)c2)cc1. The number of hydrogen-bond donors (Lipinski definition) is 1. The minimum Gasteiger partial charge on any atom is -0.507 e. The molecular formula is C62H61N3O. The molecule has 2 heterocycles. The van der Waals surface area contributed by atoms with Crippen LogP contribution in [0.4, 0.5) is 0 Å². The van der Waals surface area contributed by atoms with Crippen LogP contribution in [0, 0.1) is 6.85 Å². The van der Waals surface area contributed by atoms with E-state index in [9.17, 15) is 6.48 Å². The van der Waals surface area contributed by atoms with Gasteiger partial charge in [0.05, 0.1) is 28.0 Å². The Balaban J connectivity index is 1.36. The predicted molar refractivity (Wildman–Crippen MR) is 279 cm³/mol. The summed E-state index contributed by atoms with van der Waals surface area (Å²) in [4.78, 5) is 10.6. The van der Waals surface area contributed by atoms with E-state index in [1.165, 1.54) is 0 Å². The van der Waals surface area contributed by atoms with Crippen LogP contribution >= 0.6 is 0 Å². The molecule has 0 bridgehead atoms. The molecule has 0 amide bonds. The van der Waals surface area contributed by atoms with Crippen molar-refractivity contribution in [2.24, 2.45) is 0 Å². The van der Waals surface area contributed by atoms with E-state index >= 15 is 0 Å². The average Bonchev–Trinajstić information content (AvgIpc) is 3.72. The van der Waals surface area contributed by atoms with Crippen LogP contribution in [0.25, 0.3) is 83.9 Å². The van der Waals surface area contributed by atoms with Crippen molar-refractivity contribution >= 4 is 11.0 Å². The number of hydrogen-bond acceptors (Lipinski definition) is 3. The van der Waals surface area contributed by atoms with E-state index in [1.807, 2.05) is 74.6 Å². The molecule has 66 heavy (non-hydrogen) atoms. The molecule has 9 aromatic rings. The lowest BCUT2D eigenvalue weighted by Crippen LogP contribution is -2.11. The van der Waals surface area contributed by atoms with Gasteiger partial charge in [-0.3, -0.25) is 9.55 Å². The molecule has 0 saturated carbocycles. The summed E-state index contributed by atoms with van der Waals surface area (Å²) in [5.74, 6) is 0.123. The van der Waals surface area contributed by atoms with E-state index in [0.29, 0.717) is 17.0 Å². The van der Waals surface area contributed by atoms with E-state index < -0.39 is 12.7 Å². The van der Waals surface area contributed by atoms with E-state index in [4.69, 9.17) is 14.1 Å². The normalized spacial score (nSPS) is 13.2. The molecule has 0 saturated heterocycles. The van der Waals surface area contributed by atoms with Gasteiger partial charge < -0.3 is 5.11 Å². The standard InChI is InChI=1S/C62H61N3O/c1-38(2)46-33-52(40(5)6)60(66)55(34-46)61-64-59-50(47-30-48(32-49(31-47)62(8,9)10)56-35-45(28-29-63-56)42-26-24-41(7)25-27-42)22-17-23-57(59)65(61)58-37-53(43-18-13-11-14-19-43)51(39(3)4)36-54(58)44-20-15-12-16-21-44/h11-40,66H,1-10H3/i7D3,39D. The molecule has 0 aliphatic carbocycles. The zero-order valence-corrected chi connectivity index (χ0v) is 39.5. The van der Waals surface area contributed by atoms with Crippen molar-refractivity contribution in [2.75, 3.05) is 0 Å². The molecule has 0 atom stereocenters. The summed E-state index contributed by atoms with van der Waals surface area (Å²) in [7, 11) is 0. The van der Waals surface area contributed by atoms with Gasteiger partial charge in [0.1, 0.15) is 11.6 Å². The fourth-order valence-electron chi connectivity index (χ4n) is 9.07. The molecule has 4 nitrogen and oxygen atoms in total. The summed E-state index contributed by atoms with van der Waals surface area (Å²) >= 11 is 0. The third kappa shape index (κ3) is 8.49. The van der Waals surface area contributed by atoms with Crippen LogP contribution in [0.5, 0.6) is 5.75 Å². The maximum absolute atomic E-state index is 12.5. The number of benzene rings is 7. The molecule has 0 aliphatic heterocycles. The molecule has 0 unspecified atom stereocenters. The first-order valence-corrected chi connectivity index (χ1v) is 23.1. The highest BCUT2D eigenvalue weighted by atomic mass is 16.3. The molecule has 2 aromatic heterocycles. The Kier molecular flexibility index (Phi) is 10.6. The van der Waals surface area contributed by atoms with Gasteiger partial charge in [0.15, 0.2) is 0 Å². The second-order valence-corrected chi connectivity index (χ2v) is 19.5. The van der Waals surface area contributed by atoms with Crippen LogP contribution < -0.4 is 0 Å². The third-order valence-corrected chi connectivity index (χ3v) is 12.8. The number of para-hydroxylation sites is 1. The molecule has 0 radical (unpaired) electrons. The molecule has 7 aromatic carbocycles. The van der Waals surface area contributed by atoms with Crippen molar-refractivity contribution in [3.63, 3.8) is 0 Å². The summed E-state index contributed by atoms with van der Waals surface area (Å²) in [5.41, 5.74) is 16.6. The minimum absolute atomic E-state index is 0.0493. The Morgan fingerprint density at radius 3 is 1.88 bits per heavy atom. The highest BCUT2D eigenvalue weighted by Crippen LogP contribution is 2.46. The molecule has 0 aliphatic rings. The van der Waals surface area contributed by atoms with E-state index in [2.05, 4.69) is 144 Å². The van der Waals surface area contributed by atoms with E-state index in [-0.39, 0.29) is 23.0 Å². The van der Waals surface area contributed by atoms with E-state index in [0.717, 1.165) is 94.7 Å². The molecule has 330 valence electrons. The number of nitrogens with zero attached hydrogens (tertiary/aromatic N) is 3. The van der Waals surface area contributed by atoms with Crippen molar-refractivity contribution in [2.45, 2.75) is 92.3 Å². The van der Waals surface area contributed by atoms with Crippen molar-refractivity contribution < 1.29 is 10.6 Å². The van der Waals surface area contributed by atoms with Gasteiger partial charge >= 0.3 is 0 Å². The van der Waals surface area contributed by atoms with Crippen LogP contribution in [0.2, 0.25) is 0 Å². The number of aromatic hydroxyl groups is 1. The molecule has 4 heteroatoms. The number of phenolic OH excluding ortho intramolecular Hbond substituents is 1. The van der Waals surface area contributed by atoms with Crippen LogP contribution in [0.15, 0.2) is 164 Å². The van der Waals surface area contributed by atoms with Crippen molar-refractivity contribution in [1.29, 1.82) is 0 Å². The topological polar surface area (TPSA) is 50.9 Å². The fraction of sp³-hybridized carbons (Fsp3) is 0.226. The van der Waals surface area contributed by atoms with Gasteiger partial charge in [-0.05, 0) is 134 Å². The van der Waals surface area contributed by atoms with Gasteiger partial charge in [0.25, 0.3) is 0 Å². The largest absolute Gasteiger partial charge is 0.507 e. The number of rotatable bonds is 10. The average molecular weight is 868 g/mol. The Hall–Kier alpha value is -7.04. The zero-order valence-electron chi connectivity index (χ0n) is 43.5. The number of pyridine rings is 1. The van der Waals surface area contributed by atoms with Gasteiger partial charge in [0.2, 0.25) is 0 Å². The lowest BCUT2D eigenvalue weighted by atomic mass is 9.83. The fourth-order valence-corrected chi connectivity index (χ4v) is 9.07. The predicted octanol–water partition coefficient (Wildman–Crippen LogP) is 17.1. The second-order valence-electron chi connectivity index (χ2n) is 19.5. The Labute approximate surface area is 397 Å². The summed E-state index contributed by atoms with van der Waals surface area (Å²) in [6, 6.07) is 53.4. The van der Waals surface area contributed by atoms with Crippen molar-refractivity contribution in [3.8, 4) is 78.6 Å². The van der Waals surface area contributed by atoms with Crippen LogP contribution in [0.1, 0.15) is 113 Å². The maximum atomic E-state index is 12.5. The molecule has 0 spiro atoms. The lowest BCUT2D eigenvalue weighted by molar-refractivity contribution is 0.466. The number of imidazole rings is 1. The van der Waals surface area contributed by atoms with E-state index in [1.54, 1.807) is 12.1 Å². The monoisotopic (exact) mass is 868 g/mol. The smallest absolute Gasteiger partial charge is 0.149 e. The Bertz CT molecular complexity index is 3370. The number of fused-ring (bicyclic) bond motifs is 1. The highest BCUT2D eigenvalue weighted by Gasteiger charge is 2.27. The third-order valence-electron chi connectivity index (χ3n) is 12.8. The first-order chi connectivity index (χ1) is 33.2. The van der Waals surface area contributed by atoms with Crippen molar-refractivity contribution in [3.05, 3.63) is 192 Å². The molecule has 1 N–H and O–H groups in total. The summed E-state index contributed by atoms with van der Waals surface area (Å²) in [6.45, 7) is 17.0. The first kappa shape index (κ1) is 39.3. The van der Waals surface area contributed by atoms with Gasteiger partial charge in [-0.25, -0.2) is 4.98 Å². The first-order valence-electron chi connectivity index (χ1n) is 25.1. The van der Waals surface area contributed by atoms with Crippen molar-refractivity contribution in [1.82, 2.24) is 14.5 Å². The summed E-state index contributed by atoms with van der Waals surface area (Å²) < 4.78 is 35.4. The summed E-state index contributed by atoms with van der Waals surface area (Å²) in [5, 5.41) is 12.5. The zero-order chi connectivity index (χ0) is 49.9. The second kappa shape index (κ2) is 17.7. The number of aryl methyl sites for hydroxylation is 1. The van der Waals surface area contributed by atoms with Crippen LogP contribution in [-0.2, 0) is 5.41 Å². The van der Waals surface area contributed by atoms with Gasteiger partial charge in [0, 0.05) is 28.4 Å². The van der Waals surface area contributed by atoms with Crippen LogP contribution in [0.3, 0.4) is 0 Å². The number of aromatic nitrogens is 3. The summed E-state index contributed by atoms with van der Waals surface area (Å²) in [6.07, 6.45) is 1.81. The maximum Gasteiger partial charge on any atom is 0.149 e. The van der Waals surface area contributed by atoms with Gasteiger partial charge in [-0.15, -0.1) is 0 Å². The van der Waals surface area contributed by atoms with Gasteiger partial charge in [-0.1, -0.05) is 177 Å². The number of phenols is 1. The van der Waals surface area contributed by atoms with Crippen LogP contribution in [-0.4, -0.2) is 19.6 Å². The highest BCUT2D eigenvalue weighted by molar-refractivity contribution is 5.98. The Morgan fingerprint density at radius 2 is 1.24 bits per heavy atom.